The minimum Gasteiger partial charge on any atom is -0.464 e. The number of carbonyl (C=O) groups is 4. The van der Waals surface area contributed by atoms with Gasteiger partial charge in [-0.15, -0.1) is 0 Å². The van der Waals surface area contributed by atoms with E-state index in [1.54, 1.807) is 6.92 Å². The Morgan fingerprint density at radius 2 is 1.30 bits per heavy atom. The largest absolute Gasteiger partial charge is 0.464 e. The highest BCUT2D eigenvalue weighted by molar-refractivity contribution is 5.73. The van der Waals surface area contributed by atoms with Crippen LogP contribution in [0.2, 0.25) is 0 Å². The van der Waals surface area contributed by atoms with Crippen LogP contribution in [0.4, 0.5) is 0 Å². The number of carbonyl (C=O) groups excluding carboxylic acids is 4. The third-order valence-electron chi connectivity index (χ3n) is 1.91. The molecule has 0 aliphatic heterocycles. The number of rotatable bonds is 7. The summed E-state index contributed by atoms with van der Waals surface area (Å²) in [7, 11) is 0. The molecule has 0 aromatic heterocycles. The average molecular weight is 336 g/mol. The van der Waals surface area contributed by atoms with Crippen LogP contribution >= 0.6 is 0 Å². The minimum atomic E-state index is -0.991. The molecule has 23 heavy (non-hydrogen) atoms. The van der Waals surface area contributed by atoms with Gasteiger partial charge in [-0.3, -0.25) is 14.4 Å². The Morgan fingerprint density at radius 3 is 1.52 bits per heavy atom. The van der Waals surface area contributed by atoms with E-state index < -0.39 is 36.1 Å². The summed E-state index contributed by atoms with van der Waals surface area (Å²) in [5.41, 5.74) is 0. The number of aliphatic hydroxyl groups excluding tert-OH is 1. The third kappa shape index (κ3) is 17.8. The van der Waals surface area contributed by atoms with Gasteiger partial charge in [0.25, 0.3) is 0 Å². The van der Waals surface area contributed by atoms with Gasteiger partial charge in [-0.1, -0.05) is 0 Å². The van der Waals surface area contributed by atoms with Crippen LogP contribution in [-0.4, -0.2) is 61.0 Å². The van der Waals surface area contributed by atoms with E-state index in [2.05, 4.69) is 14.2 Å². The summed E-state index contributed by atoms with van der Waals surface area (Å²) in [5.74, 6) is -2.07. The number of ether oxygens (including phenoxy) is 4. The molecule has 0 saturated heterocycles. The van der Waals surface area contributed by atoms with Crippen molar-refractivity contribution in [1.82, 2.24) is 0 Å². The van der Waals surface area contributed by atoms with Gasteiger partial charge in [-0.05, 0) is 13.8 Å². The highest BCUT2D eigenvalue weighted by Gasteiger charge is 2.15. The Hall–Kier alpha value is -2.16. The molecule has 0 aliphatic carbocycles. The first-order valence-electron chi connectivity index (χ1n) is 6.88. The zero-order valence-corrected chi connectivity index (χ0v) is 14.0. The van der Waals surface area contributed by atoms with Crippen LogP contribution in [0.1, 0.15) is 34.6 Å². The van der Waals surface area contributed by atoms with Crippen LogP contribution in [0.15, 0.2) is 0 Å². The number of hydrogen-bond donors (Lipinski definition) is 1. The van der Waals surface area contributed by atoms with Crippen LogP contribution in [0.3, 0.4) is 0 Å². The fourth-order valence-corrected chi connectivity index (χ4v) is 1.03. The minimum absolute atomic E-state index is 0.123. The first-order chi connectivity index (χ1) is 10.6. The monoisotopic (exact) mass is 336 g/mol. The molecule has 9 heteroatoms. The second-order valence-corrected chi connectivity index (χ2v) is 4.26. The molecule has 0 bridgehead atoms. The third-order valence-corrected chi connectivity index (χ3v) is 1.91. The highest BCUT2D eigenvalue weighted by Crippen LogP contribution is 1.97. The van der Waals surface area contributed by atoms with Crippen molar-refractivity contribution in [3.63, 3.8) is 0 Å². The quantitative estimate of drug-likeness (QED) is 0.504. The number of esters is 4. The molecule has 134 valence electrons. The predicted octanol–water partition coefficient (Wildman–Crippen LogP) is -0.0254. The summed E-state index contributed by atoms with van der Waals surface area (Å²) in [6, 6.07) is 0. The van der Waals surface area contributed by atoms with Gasteiger partial charge in [-0.25, -0.2) is 4.79 Å². The van der Waals surface area contributed by atoms with Gasteiger partial charge in [0.15, 0.2) is 6.10 Å². The van der Waals surface area contributed by atoms with E-state index in [0.717, 1.165) is 0 Å². The van der Waals surface area contributed by atoms with Gasteiger partial charge in [0.05, 0.1) is 6.61 Å². The Balaban J connectivity index is 0. The average Bonchev–Trinajstić information content (AvgIpc) is 2.42. The lowest BCUT2D eigenvalue weighted by atomic mass is 10.4. The normalized spacial score (nSPS) is 10.7. The first kappa shape index (κ1) is 23.1. The lowest BCUT2D eigenvalue weighted by Gasteiger charge is -2.15. The second kappa shape index (κ2) is 13.5. The molecule has 0 aromatic carbocycles. The molecule has 0 amide bonds. The maximum absolute atomic E-state index is 10.6. The van der Waals surface area contributed by atoms with Gasteiger partial charge in [0, 0.05) is 20.8 Å². The van der Waals surface area contributed by atoms with Crippen LogP contribution in [-0.2, 0) is 38.1 Å². The van der Waals surface area contributed by atoms with Crippen LogP contribution < -0.4 is 0 Å². The SMILES string of the molecule is CC(=O)OCC(COC(C)=O)OC(C)=O.CCOC(=O)C(C)O. The maximum atomic E-state index is 10.6. The van der Waals surface area contributed by atoms with Crippen molar-refractivity contribution in [3.05, 3.63) is 0 Å². The van der Waals surface area contributed by atoms with Crippen LogP contribution in [0, 0.1) is 0 Å². The van der Waals surface area contributed by atoms with E-state index >= 15 is 0 Å². The summed E-state index contributed by atoms with van der Waals surface area (Å²) >= 11 is 0. The Bertz CT molecular complexity index is 372. The smallest absolute Gasteiger partial charge is 0.334 e. The number of aliphatic hydroxyl groups is 1. The van der Waals surface area contributed by atoms with E-state index in [1.165, 1.54) is 27.7 Å². The van der Waals surface area contributed by atoms with Crippen molar-refractivity contribution in [2.75, 3.05) is 19.8 Å². The second-order valence-electron chi connectivity index (χ2n) is 4.26. The highest BCUT2D eigenvalue weighted by atomic mass is 16.6. The summed E-state index contributed by atoms with van der Waals surface area (Å²) in [4.78, 5) is 41.9. The lowest BCUT2D eigenvalue weighted by Crippen LogP contribution is -2.29. The molecule has 0 aliphatic rings. The molecule has 0 saturated carbocycles. The molecule has 0 rings (SSSR count). The molecule has 1 unspecified atom stereocenters. The number of hydrogen-bond acceptors (Lipinski definition) is 9. The Kier molecular flexibility index (Phi) is 13.6. The molecule has 9 nitrogen and oxygen atoms in total. The van der Waals surface area contributed by atoms with Crippen molar-refractivity contribution in [3.8, 4) is 0 Å². The topological polar surface area (TPSA) is 125 Å². The predicted molar refractivity (Wildman–Crippen MR) is 77.1 cm³/mol. The fourth-order valence-electron chi connectivity index (χ4n) is 1.03. The van der Waals surface area contributed by atoms with Crippen LogP contribution in [0.5, 0.6) is 0 Å². The van der Waals surface area contributed by atoms with Gasteiger partial charge < -0.3 is 24.1 Å². The van der Waals surface area contributed by atoms with Gasteiger partial charge in [-0.2, -0.15) is 0 Å². The van der Waals surface area contributed by atoms with Crippen molar-refractivity contribution >= 4 is 23.9 Å². The Labute approximate surface area is 134 Å². The molecule has 0 heterocycles. The van der Waals surface area contributed by atoms with E-state index in [-0.39, 0.29) is 13.2 Å². The standard InChI is InChI=1S/C9H14O6.C5H10O3/c1-6(10)13-4-9(15-8(3)12)5-14-7(2)11;1-3-8-5(7)4(2)6/h9H,4-5H2,1-3H3;4,6H,3H2,1-2H3. The molecule has 0 aromatic rings. The van der Waals surface area contributed by atoms with Gasteiger partial charge >= 0.3 is 23.9 Å². The van der Waals surface area contributed by atoms with Crippen molar-refractivity contribution in [2.24, 2.45) is 0 Å². The van der Waals surface area contributed by atoms with E-state index in [9.17, 15) is 19.2 Å². The first-order valence-corrected chi connectivity index (χ1v) is 6.88. The summed E-state index contributed by atoms with van der Waals surface area (Å²) in [5, 5.41) is 8.48. The zero-order valence-electron chi connectivity index (χ0n) is 14.0. The molecular formula is C14H24O9. The van der Waals surface area contributed by atoms with Crippen LogP contribution in [0.25, 0.3) is 0 Å². The van der Waals surface area contributed by atoms with Crippen molar-refractivity contribution < 1.29 is 43.2 Å². The van der Waals surface area contributed by atoms with Gasteiger partial charge in [0.1, 0.15) is 19.3 Å². The summed E-state index contributed by atoms with van der Waals surface area (Å²) in [6.45, 7) is 6.83. The summed E-state index contributed by atoms with van der Waals surface area (Å²) < 4.78 is 18.4. The van der Waals surface area contributed by atoms with E-state index in [4.69, 9.17) is 9.84 Å². The maximum Gasteiger partial charge on any atom is 0.334 e. The zero-order chi connectivity index (χ0) is 18.4. The lowest BCUT2D eigenvalue weighted by molar-refractivity contribution is -0.163. The molecular weight excluding hydrogens is 312 g/mol. The fraction of sp³-hybridized carbons (Fsp3) is 0.714. The molecule has 0 fully saturated rings. The van der Waals surface area contributed by atoms with E-state index in [0.29, 0.717) is 6.61 Å². The van der Waals surface area contributed by atoms with Gasteiger partial charge in [0.2, 0.25) is 0 Å². The Morgan fingerprint density at radius 1 is 0.870 bits per heavy atom. The van der Waals surface area contributed by atoms with Crippen molar-refractivity contribution in [1.29, 1.82) is 0 Å². The molecule has 0 spiro atoms. The summed E-state index contributed by atoms with van der Waals surface area (Å²) in [6.07, 6.45) is -1.75. The molecule has 1 N–H and O–H groups in total. The van der Waals surface area contributed by atoms with E-state index in [1.807, 2.05) is 0 Å². The molecule has 1 atom stereocenters. The van der Waals surface area contributed by atoms with Crippen molar-refractivity contribution in [2.45, 2.75) is 46.8 Å². The molecule has 0 radical (unpaired) electrons.